The molecule has 2 amide bonds. The molecule has 0 unspecified atom stereocenters. The first-order valence-corrected chi connectivity index (χ1v) is 8.98. The third-order valence-corrected chi connectivity index (χ3v) is 4.84. The van der Waals surface area contributed by atoms with E-state index in [4.69, 9.17) is 27.9 Å². The molecule has 0 bridgehead atoms. The highest BCUT2D eigenvalue weighted by atomic mass is 35.5. The van der Waals surface area contributed by atoms with E-state index in [0.29, 0.717) is 27.3 Å². The molecule has 1 heterocycles. The molecule has 0 aliphatic carbocycles. The molecule has 0 radical (unpaired) electrons. The number of hydrogen-bond acceptors (Lipinski definition) is 3. The molecule has 6 nitrogen and oxygen atoms in total. The van der Waals surface area contributed by atoms with E-state index in [0.717, 1.165) is 11.3 Å². The minimum absolute atomic E-state index is 0.254. The Bertz CT molecular complexity index is 1050. The van der Waals surface area contributed by atoms with Crippen LogP contribution in [0, 0.1) is 19.7 Å². The van der Waals surface area contributed by atoms with Crippen molar-refractivity contribution in [2.75, 3.05) is 17.7 Å². The quantitative estimate of drug-likeness (QED) is 0.575. The number of carbonyl (C=O) groups is 1. The summed E-state index contributed by atoms with van der Waals surface area (Å²) >= 11 is 12.1. The SMILES string of the molecule is COc1cc(F)cc(NC(=O)Nc2c(C)c(C)nn2-c2ccc(Cl)c(Cl)c2)c1. The fraction of sp³-hybridized carbons (Fsp3) is 0.158. The summed E-state index contributed by atoms with van der Waals surface area (Å²) in [6.45, 7) is 3.65. The van der Waals surface area contributed by atoms with E-state index >= 15 is 0 Å². The van der Waals surface area contributed by atoms with E-state index in [2.05, 4.69) is 15.7 Å². The maximum Gasteiger partial charge on any atom is 0.324 e. The van der Waals surface area contributed by atoms with Gasteiger partial charge in [0, 0.05) is 23.4 Å². The maximum absolute atomic E-state index is 13.6. The largest absolute Gasteiger partial charge is 0.497 e. The number of ether oxygens (including phenoxy) is 1. The molecule has 2 N–H and O–H groups in total. The lowest BCUT2D eigenvalue weighted by Gasteiger charge is -2.12. The van der Waals surface area contributed by atoms with Gasteiger partial charge in [-0.2, -0.15) is 5.10 Å². The second kappa shape index (κ2) is 8.08. The summed E-state index contributed by atoms with van der Waals surface area (Å²) in [5, 5.41) is 10.6. The van der Waals surface area contributed by atoms with Crippen molar-refractivity contribution in [3.8, 4) is 11.4 Å². The van der Waals surface area contributed by atoms with Crippen LogP contribution >= 0.6 is 23.2 Å². The van der Waals surface area contributed by atoms with Crippen LogP contribution in [0.1, 0.15) is 11.3 Å². The van der Waals surface area contributed by atoms with Crippen LogP contribution in [0.15, 0.2) is 36.4 Å². The smallest absolute Gasteiger partial charge is 0.324 e. The monoisotopic (exact) mass is 422 g/mol. The van der Waals surface area contributed by atoms with Crippen LogP contribution in [-0.4, -0.2) is 22.9 Å². The van der Waals surface area contributed by atoms with Gasteiger partial charge in [0.05, 0.1) is 28.5 Å². The Labute approximate surface area is 171 Å². The number of hydrogen-bond donors (Lipinski definition) is 2. The highest BCUT2D eigenvalue weighted by molar-refractivity contribution is 6.42. The molecular weight excluding hydrogens is 406 g/mol. The van der Waals surface area contributed by atoms with Crippen molar-refractivity contribution in [1.82, 2.24) is 9.78 Å². The van der Waals surface area contributed by atoms with Crippen LogP contribution < -0.4 is 15.4 Å². The van der Waals surface area contributed by atoms with Crippen LogP contribution in [0.2, 0.25) is 10.0 Å². The molecule has 0 fully saturated rings. The number of amides is 2. The van der Waals surface area contributed by atoms with Gasteiger partial charge in [0.25, 0.3) is 0 Å². The van der Waals surface area contributed by atoms with Crippen LogP contribution in [0.5, 0.6) is 5.75 Å². The summed E-state index contributed by atoms with van der Waals surface area (Å²) in [6.07, 6.45) is 0. The highest BCUT2D eigenvalue weighted by Gasteiger charge is 2.17. The van der Waals surface area contributed by atoms with E-state index in [-0.39, 0.29) is 5.69 Å². The number of halogens is 3. The number of urea groups is 1. The average molecular weight is 423 g/mol. The lowest BCUT2D eigenvalue weighted by atomic mass is 10.2. The Kier molecular flexibility index (Phi) is 5.76. The zero-order valence-corrected chi connectivity index (χ0v) is 16.8. The summed E-state index contributed by atoms with van der Waals surface area (Å²) in [5.41, 5.74) is 2.39. The zero-order valence-electron chi connectivity index (χ0n) is 15.3. The molecule has 1 aromatic heterocycles. The lowest BCUT2D eigenvalue weighted by molar-refractivity contribution is 0.262. The molecule has 0 saturated heterocycles. The van der Waals surface area contributed by atoms with Crippen molar-refractivity contribution in [2.24, 2.45) is 0 Å². The van der Waals surface area contributed by atoms with Crippen molar-refractivity contribution in [3.05, 3.63) is 63.5 Å². The van der Waals surface area contributed by atoms with Crippen molar-refractivity contribution in [1.29, 1.82) is 0 Å². The van der Waals surface area contributed by atoms with Crippen LogP contribution in [-0.2, 0) is 0 Å². The van der Waals surface area contributed by atoms with Crippen molar-refractivity contribution in [3.63, 3.8) is 0 Å². The lowest BCUT2D eigenvalue weighted by Crippen LogP contribution is -2.22. The Morgan fingerprint density at radius 2 is 1.86 bits per heavy atom. The number of nitrogens with one attached hydrogen (secondary N) is 2. The molecule has 28 heavy (non-hydrogen) atoms. The van der Waals surface area contributed by atoms with Gasteiger partial charge < -0.3 is 10.1 Å². The van der Waals surface area contributed by atoms with E-state index in [1.165, 1.54) is 25.3 Å². The van der Waals surface area contributed by atoms with Gasteiger partial charge in [-0.3, -0.25) is 5.32 Å². The van der Waals surface area contributed by atoms with E-state index in [1.54, 1.807) is 22.9 Å². The van der Waals surface area contributed by atoms with E-state index < -0.39 is 11.8 Å². The second-order valence-corrected chi connectivity index (χ2v) is 6.84. The Hall–Kier alpha value is -2.77. The molecule has 146 valence electrons. The first-order valence-electron chi connectivity index (χ1n) is 8.22. The summed E-state index contributed by atoms with van der Waals surface area (Å²) in [5.74, 6) is 0.224. The number of aromatic nitrogens is 2. The number of benzene rings is 2. The predicted molar refractivity (Wildman–Crippen MR) is 109 cm³/mol. The predicted octanol–water partition coefficient (Wildman–Crippen LogP) is 5.59. The number of methoxy groups -OCH3 is 1. The average Bonchev–Trinajstić information content (AvgIpc) is 2.91. The number of nitrogens with zero attached hydrogens (tertiary/aromatic N) is 2. The maximum atomic E-state index is 13.6. The minimum Gasteiger partial charge on any atom is -0.497 e. The van der Waals surface area contributed by atoms with Crippen molar-refractivity contribution < 1.29 is 13.9 Å². The number of anilines is 2. The topological polar surface area (TPSA) is 68.2 Å². The summed E-state index contributed by atoms with van der Waals surface area (Å²) in [4.78, 5) is 12.5. The first-order chi connectivity index (χ1) is 13.3. The number of carbonyl (C=O) groups excluding carboxylic acids is 1. The molecule has 0 saturated carbocycles. The number of aryl methyl sites for hydroxylation is 1. The van der Waals surface area contributed by atoms with Gasteiger partial charge in [0.2, 0.25) is 0 Å². The summed E-state index contributed by atoms with van der Waals surface area (Å²) in [7, 11) is 1.42. The van der Waals surface area contributed by atoms with Gasteiger partial charge in [-0.15, -0.1) is 0 Å². The second-order valence-electron chi connectivity index (χ2n) is 6.03. The van der Waals surface area contributed by atoms with Gasteiger partial charge in [0.1, 0.15) is 17.4 Å². The molecule has 0 aliphatic heterocycles. The fourth-order valence-corrected chi connectivity index (χ4v) is 2.87. The normalized spacial score (nSPS) is 10.6. The van der Waals surface area contributed by atoms with Gasteiger partial charge >= 0.3 is 6.03 Å². The fourth-order valence-electron chi connectivity index (χ4n) is 2.58. The van der Waals surface area contributed by atoms with Gasteiger partial charge in [-0.05, 0) is 38.1 Å². The van der Waals surface area contributed by atoms with Crippen LogP contribution in [0.3, 0.4) is 0 Å². The van der Waals surface area contributed by atoms with Gasteiger partial charge in [0.15, 0.2) is 0 Å². The molecule has 2 aromatic carbocycles. The van der Waals surface area contributed by atoms with Crippen LogP contribution in [0.4, 0.5) is 20.7 Å². The van der Waals surface area contributed by atoms with Crippen molar-refractivity contribution >= 4 is 40.7 Å². The highest BCUT2D eigenvalue weighted by Crippen LogP contribution is 2.28. The molecule has 3 aromatic rings. The zero-order chi connectivity index (χ0) is 20.4. The Morgan fingerprint density at radius 3 is 2.54 bits per heavy atom. The van der Waals surface area contributed by atoms with Crippen LogP contribution in [0.25, 0.3) is 5.69 Å². The van der Waals surface area contributed by atoms with E-state index in [9.17, 15) is 9.18 Å². The molecule has 0 spiro atoms. The third kappa shape index (κ3) is 4.21. The third-order valence-electron chi connectivity index (χ3n) is 4.10. The first kappa shape index (κ1) is 20.0. The molecule has 0 atom stereocenters. The van der Waals surface area contributed by atoms with Crippen molar-refractivity contribution in [2.45, 2.75) is 13.8 Å². The molecule has 0 aliphatic rings. The molecule has 9 heteroatoms. The van der Waals surface area contributed by atoms with Gasteiger partial charge in [-0.1, -0.05) is 23.2 Å². The molecule has 3 rings (SSSR count). The summed E-state index contributed by atoms with van der Waals surface area (Å²) < 4.78 is 20.2. The Morgan fingerprint density at radius 1 is 1.11 bits per heavy atom. The Balaban J connectivity index is 1.89. The van der Waals surface area contributed by atoms with E-state index in [1.807, 2.05) is 13.8 Å². The van der Waals surface area contributed by atoms with Gasteiger partial charge in [-0.25, -0.2) is 13.9 Å². The summed E-state index contributed by atoms with van der Waals surface area (Å²) in [6, 6.07) is 8.39. The minimum atomic E-state index is -0.558. The molecular formula is C19H17Cl2FN4O2. The number of rotatable bonds is 4. The standard InChI is InChI=1S/C19H17Cl2FN4O2/c1-10-11(2)25-26(14-4-5-16(20)17(21)9-14)18(10)24-19(27)23-13-6-12(22)7-15(8-13)28-3/h4-9H,1-3H3,(H2,23,24,27).